The summed E-state index contributed by atoms with van der Waals surface area (Å²) in [5, 5.41) is 0. The fourth-order valence-corrected chi connectivity index (χ4v) is 2.68. The van der Waals surface area contributed by atoms with E-state index in [0.29, 0.717) is 6.54 Å². The van der Waals surface area contributed by atoms with Crippen LogP contribution >= 0.6 is 0 Å². The Bertz CT molecular complexity index is 404. The first-order valence-electron chi connectivity index (χ1n) is 5.58. The number of carbonyl (C=O) groups excluding carboxylic acids is 2. The smallest absolute Gasteiger partial charge is 0.232 e. The molecule has 1 aromatic rings. The van der Waals surface area contributed by atoms with Crippen LogP contribution in [0.5, 0.6) is 0 Å². The molecule has 2 aliphatic rings. The summed E-state index contributed by atoms with van der Waals surface area (Å²) in [4.78, 5) is 32.2. The first-order valence-corrected chi connectivity index (χ1v) is 5.58. The van der Waals surface area contributed by atoms with Gasteiger partial charge in [0, 0.05) is 18.0 Å². The normalized spacial score (nSPS) is 28.9. The van der Waals surface area contributed by atoms with Gasteiger partial charge in [0.1, 0.15) is 0 Å². The average Bonchev–Trinajstić information content (AvgIpc) is 2.92. The van der Waals surface area contributed by atoms with Crippen LogP contribution in [-0.4, -0.2) is 26.7 Å². The predicted octanol–water partition coefficient (Wildman–Crippen LogP) is 0.695. The van der Waals surface area contributed by atoms with Crippen LogP contribution in [0.4, 0.5) is 0 Å². The van der Waals surface area contributed by atoms with Crippen LogP contribution in [0.1, 0.15) is 25.0 Å². The molecule has 3 rings (SSSR count). The van der Waals surface area contributed by atoms with Gasteiger partial charge in [-0.15, -0.1) is 0 Å². The molecule has 2 bridgehead atoms. The Morgan fingerprint density at radius 2 is 2.00 bits per heavy atom. The Labute approximate surface area is 92.9 Å². The highest BCUT2D eigenvalue weighted by molar-refractivity contribution is 6.00. The molecule has 5 nitrogen and oxygen atoms in total. The summed E-state index contributed by atoms with van der Waals surface area (Å²) >= 11 is 0. The van der Waals surface area contributed by atoms with Crippen molar-refractivity contribution in [1.29, 1.82) is 0 Å². The molecule has 5 heteroatoms. The topological polar surface area (TPSA) is 66.1 Å². The predicted molar refractivity (Wildman–Crippen MR) is 55.0 cm³/mol. The molecule has 84 valence electrons. The van der Waals surface area contributed by atoms with Gasteiger partial charge in [-0.25, -0.2) is 4.98 Å². The van der Waals surface area contributed by atoms with Crippen molar-refractivity contribution in [3.05, 3.63) is 18.2 Å². The number of nitrogens with one attached hydrogen (secondary N) is 1. The van der Waals surface area contributed by atoms with Crippen molar-refractivity contribution < 1.29 is 9.59 Å². The zero-order valence-electron chi connectivity index (χ0n) is 8.85. The number of imidazole rings is 1. The van der Waals surface area contributed by atoms with E-state index in [-0.39, 0.29) is 23.7 Å². The van der Waals surface area contributed by atoms with Crippen LogP contribution in [0, 0.1) is 11.8 Å². The maximum absolute atomic E-state index is 12.0. The summed E-state index contributed by atoms with van der Waals surface area (Å²) in [5.74, 6) is 0.137. The third kappa shape index (κ3) is 1.35. The minimum Gasteiger partial charge on any atom is -0.347 e. The van der Waals surface area contributed by atoms with Gasteiger partial charge in [0.05, 0.1) is 18.6 Å². The van der Waals surface area contributed by atoms with E-state index in [9.17, 15) is 9.59 Å². The Balaban J connectivity index is 1.83. The summed E-state index contributed by atoms with van der Waals surface area (Å²) < 4.78 is 0. The van der Waals surface area contributed by atoms with Gasteiger partial charge >= 0.3 is 0 Å². The lowest BCUT2D eigenvalue weighted by molar-refractivity contribution is -0.153. The molecule has 1 saturated carbocycles. The zero-order chi connectivity index (χ0) is 11.1. The van der Waals surface area contributed by atoms with E-state index in [1.807, 2.05) is 0 Å². The van der Waals surface area contributed by atoms with E-state index in [2.05, 4.69) is 9.97 Å². The van der Waals surface area contributed by atoms with Gasteiger partial charge in [-0.05, 0) is 19.3 Å². The summed E-state index contributed by atoms with van der Waals surface area (Å²) in [5.41, 5.74) is 0.808. The number of hydrogen-bond donors (Lipinski definition) is 1. The minimum atomic E-state index is -0.00616. The van der Waals surface area contributed by atoms with E-state index in [0.717, 1.165) is 25.0 Å². The fourth-order valence-electron chi connectivity index (χ4n) is 2.68. The lowest BCUT2D eigenvalue weighted by atomic mass is 9.97. The molecule has 16 heavy (non-hydrogen) atoms. The number of piperidine rings is 1. The molecular formula is C11H13N3O2. The number of imide groups is 1. The van der Waals surface area contributed by atoms with Gasteiger partial charge in [-0.3, -0.25) is 14.5 Å². The number of aromatic amines is 1. The molecule has 2 atom stereocenters. The summed E-state index contributed by atoms with van der Waals surface area (Å²) in [7, 11) is 0. The van der Waals surface area contributed by atoms with Crippen LogP contribution in [-0.2, 0) is 16.1 Å². The van der Waals surface area contributed by atoms with Crippen molar-refractivity contribution >= 4 is 11.8 Å². The van der Waals surface area contributed by atoms with E-state index in [1.54, 1.807) is 12.5 Å². The first kappa shape index (κ1) is 9.57. The summed E-state index contributed by atoms with van der Waals surface area (Å²) in [6, 6.07) is 0. The van der Waals surface area contributed by atoms with Gasteiger partial charge in [0.2, 0.25) is 11.8 Å². The quantitative estimate of drug-likeness (QED) is 0.744. The Morgan fingerprint density at radius 1 is 1.31 bits per heavy atom. The van der Waals surface area contributed by atoms with Crippen molar-refractivity contribution in [3.63, 3.8) is 0 Å². The number of rotatable bonds is 2. The van der Waals surface area contributed by atoms with Crippen molar-refractivity contribution in [2.75, 3.05) is 0 Å². The molecule has 2 heterocycles. The number of nitrogens with zero attached hydrogens (tertiary/aromatic N) is 2. The van der Waals surface area contributed by atoms with Gasteiger partial charge in [-0.2, -0.15) is 0 Å². The largest absolute Gasteiger partial charge is 0.347 e. The van der Waals surface area contributed by atoms with Gasteiger partial charge in [0.15, 0.2) is 0 Å². The monoisotopic (exact) mass is 219 g/mol. The number of aromatic nitrogens is 2. The molecule has 1 N–H and O–H groups in total. The number of H-pyrrole nitrogens is 1. The van der Waals surface area contributed by atoms with Crippen LogP contribution < -0.4 is 0 Å². The molecule has 0 spiro atoms. The lowest BCUT2D eigenvalue weighted by Gasteiger charge is -2.29. The second-order valence-corrected chi connectivity index (χ2v) is 4.55. The zero-order valence-corrected chi connectivity index (χ0v) is 8.85. The third-order valence-electron chi connectivity index (χ3n) is 3.55. The standard InChI is InChI=1S/C11H13N3O2/c15-10-7-1-2-8(3-7)11(16)14(10)5-9-4-12-6-13-9/h4,6-8H,1-3,5H2,(H,12,13). The summed E-state index contributed by atoms with van der Waals surface area (Å²) in [6.45, 7) is 0.338. The maximum atomic E-state index is 12.0. The molecule has 1 aliphatic carbocycles. The fraction of sp³-hybridized carbons (Fsp3) is 0.545. The van der Waals surface area contributed by atoms with Crippen LogP contribution in [0.3, 0.4) is 0 Å². The molecular weight excluding hydrogens is 206 g/mol. The number of carbonyl (C=O) groups is 2. The van der Waals surface area contributed by atoms with E-state index >= 15 is 0 Å². The van der Waals surface area contributed by atoms with Crippen LogP contribution in [0.25, 0.3) is 0 Å². The SMILES string of the molecule is O=C1C2CCC(C2)C(=O)N1Cc1cnc[nH]1. The van der Waals surface area contributed by atoms with E-state index in [4.69, 9.17) is 0 Å². The third-order valence-corrected chi connectivity index (χ3v) is 3.55. The second-order valence-electron chi connectivity index (χ2n) is 4.55. The molecule has 0 radical (unpaired) electrons. The van der Waals surface area contributed by atoms with Gasteiger partial charge < -0.3 is 4.98 Å². The Kier molecular flexibility index (Phi) is 2.05. The number of hydrogen-bond acceptors (Lipinski definition) is 3. The molecule has 1 aromatic heterocycles. The minimum absolute atomic E-state index is 0.00616. The van der Waals surface area contributed by atoms with Crippen LogP contribution in [0.2, 0.25) is 0 Å². The summed E-state index contributed by atoms with van der Waals surface area (Å²) in [6.07, 6.45) is 5.71. The number of amides is 2. The van der Waals surface area contributed by atoms with Crippen molar-refractivity contribution in [2.24, 2.45) is 11.8 Å². The number of fused-ring (bicyclic) bond motifs is 2. The highest BCUT2D eigenvalue weighted by Crippen LogP contribution is 2.38. The molecule has 1 aliphatic heterocycles. The molecule has 1 saturated heterocycles. The van der Waals surface area contributed by atoms with Crippen LogP contribution in [0.15, 0.2) is 12.5 Å². The molecule has 2 amide bonds. The van der Waals surface area contributed by atoms with Gasteiger partial charge in [0.25, 0.3) is 0 Å². The molecule has 0 aromatic carbocycles. The Hall–Kier alpha value is -1.65. The van der Waals surface area contributed by atoms with Gasteiger partial charge in [-0.1, -0.05) is 0 Å². The average molecular weight is 219 g/mol. The number of likely N-dealkylation sites (tertiary alicyclic amines) is 1. The van der Waals surface area contributed by atoms with Crippen molar-refractivity contribution in [1.82, 2.24) is 14.9 Å². The first-order chi connectivity index (χ1) is 7.75. The molecule has 2 unspecified atom stereocenters. The lowest BCUT2D eigenvalue weighted by Crippen LogP contribution is -2.45. The van der Waals surface area contributed by atoms with Crippen molar-refractivity contribution in [2.45, 2.75) is 25.8 Å². The van der Waals surface area contributed by atoms with E-state index in [1.165, 1.54) is 4.90 Å². The highest BCUT2D eigenvalue weighted by atomic mass is 16.2. The highest BCUT2D eigenvalue weighted by Gasteiger charge is 2.45. The maximum Gasteiger partial charge on any atom is 0.232 e. The van der Waals surface area contributed by atoms with Crippen molar-refractivity contribution in [3.8, 4) is 0 Å². The second kappa shape index (κ2) is 3.43. The molecule has 2 fully saturated rings. The van der Waals surface area contributed by atoms with E-state index < -0.39 is 0 Å². The Morgan fingerprint density at radius 3 is 2.56 bits per heavy atom.